The van der Waals surface area contributed by atoms with Gasteiger partial charge in [0.15, 0.2) is 10.9 Å². The van der Waals surface area contributed by atoms with Crippen LogP contribution in [0.5, 0.6) is 0 Å². The fourth-order valence-electron chi connectivity index (χ4n) is 6.70. The van der Waals surface area contributed by atoms with Gasteiger partial charge in [-0.2, -0.15) is 14.4 Å². The highest BCUT2D eigenvalue weighted by molar-refractivity contribution is 7.22. The molecule has 2 saturated heterocycles. The van der Waals surface area contributed by atoms with Crippen molar-refractivity contribution in [1.29, 1.82) is 0 Å². The average Bonchev–Trinajstić information content (AvgIpc) is 3.46. The molecule has 2 amide bonds. The molecule has 0 spiro atoms. The van der Waals surface area contributed by atoms with Crippen molar-refractivity contribution < 1.29 is 32.6 Å². The van der Waals surface area contributed by atoms with Gasteiger partial charge in [0.25, 0.3) is 0 Å². The Bertz CT molecular complexity index is 1930. The number of hydrogen-bond acceptors (Lipinski definition) is 8. The van der Waals surface area contributed by atoms with Gasteiger partial charge in [-0.15, -0.1) is 0 Å². The predicted octanol–water partition coefficient (Wildman–Crippen LogP) is 8.07. The van der Waals surface area contributed by atoms with Crippen LogP contribution >= 0.6 is 22.9 Å². The van der Waals surface area contributed by atoms with E-state index in [-0.39, 0.29) is 67.3 Å². The number of ether oxygens (including phenoxy) is 1. The van der Waals surface area contributed by atoms with Gasteiger partial charge in [-0.25, -0.2) is 23.4 Å². The molecule has 10 nitrogen and oxygen atoms in total. The molecule has 46 heavy (non-hydrogen) atoms. The molecule has 2 atom stereocenters. The van der Waals surface area contributed by atoms with Crippen molar-refractivity contribution in [2.45, 2.75) is 71.6 Å². The summed E-state index contributed by atoms with van der Waals surface area (Å²) >= 11 is 7.56. The lowest BCUT2D eigenvalue weighted by atomic mass is 9.71. The Morgan fingerprint density at radius 1 is 1.11 bits per heavy atom. The van der Waals surface area contributed by atoms with E-state index in [1.807, 2.05) is 20.8 Å². The molecule has 2 aliphatic rings. The summed E-state index contributed by atoms with van der Waals surface area (Å²) < 4.78 is 51.8. The lowest BCUT2D eigenvalue weighted by Gasteiger charge is -2.54. The largest absolute Gasteiger partial charge is 0.465 e. The fourth-order valence-corrected chi connectivity index (χ4v) is 7.88. The number of thiazole rings is 1. The first kappa shape index (κ1) is 32.0. The van der Waals surface area contributed by atoms with Gasteiger partial charge in [0.1, 0.15) is 22.8 Å². The molecule has 2 aromatic carbocycles. The molecule has 4 heterocycles. The van der Waals surface area contributed by atoms with Crippen LogP contribution < -0.4 is 10.2 Å². The molecule has 0 radical (unpaired) electrons. The molecular weight excluding hydrogens is 645 g/mol. The smallest absolute Gasteiger partial charge is 0.413 e. The molecule has 4 aromatic rings. The number of amides is 2. The van der Waals surface area contributed by atoms with E-state index in [4.69, 9.17) is 16.3 Å². The monoisotopic (exact) mass is 676 g/mol. The molecule has 244 valence electrons. The molecule has 2 unspecified atom stereocenters. The van der Waals surface area contributed by atoms with Crippen molar-refractivity contribution >= 4 is 67.2 Å². The van der Waals surface area contributed by atoms with Gasteiger partial charge in [0, 0.05) is 29.6 Å². The summed E-state index contributed by atoms with van der Waals surface area (Å²) in [6.07, 6.45) is -1.77. The first-order valence-corrected chi connectivity index (χ1v) is 15.8. The van der Waals surface area contributed by atoms with E-state index in [0.717, 1.165) is 17.4 Å². The maximum atomic E-state index is 16.5. The first-order valence-electron chi connectivity index (χ1n) is 14.6. The van der Waals surface area contributed by atoms with Crippen LogP contribution in [0.4, 0.5) is 33.7 Å². The number of anilines is 2. The van der Waals surface area contributed by atoms with Gasteiger partial charge in [-0.3, -0.25) is 10.2 Å². The first-order chi connectivity index (χ1) is 21.4. The van der Waals surface area contributed by atoms with Crippen molar-refractivity contribution in [3.63, 3.8) is 0 Å². The van der Waals surface area contributed by atoms with Crippen LogP contribution in [0.3, 0.4) is 0 Å². The average molecular weight is 677 g/mol. The van der Waals surface area contributed by atoms with E-state index in [1.54, 1.807) is 25.7 Å². The number of piperazine rings is 1. The Morgan fingerprint density at radius 2 is 1.83 bits per heavy atom. The second-order valence-corrected chi connectivity index (χ2v) is 15.1. The third-order valence-electron chi connectivity index (χ3n) is 8.71. The van der Waals surface area contributed by atoms with Crippen LogP contribution in [-0.2, 0) is 4.74 Å². The van der Waals surface area contributed by atoms with E-state index in [1.165, 1.54) is 17.0 Å². The van der Waals surface area contributed by atoms with E-state index >= 15 is 8.78 Å². The van der Waals surface area contributed by atoms with Gasteiger partial charge in [-0.1, -0.05) is 43.7 Å². The fraction of sp³-hybridized carbons (Fsp3) is 0.452. The highest BCUT2D eigenvalue weighted by atomic mass is 35.5. The van der Waals surface area contributed by atoms with Gasteiger partial charge in [0.2, 0.25) is 0 Å². The number of carbonyl (C=O) groups excluding carboxylic acids is 1. The van der Waals surface area contributed by atoms with Gasteiger partial charge in [0.05, 0.1) is 26.8 Å². The van der Waals surface area contributed by atoms with Crippen LogP contribution in [0.1, 0.15) is 54.4 Å². The lowest BCUT2D eigenvalue weighted by Crippen LogP contribution is -2.68. The third-order valence-corrected chi connectivity index (χ3v) is 9.99. The van der Waals surface area contributed by atoms with Crippen LogP contribution in [0.15, 0.2) is 18.2 Å². The molecule has 2 bridgehead atoms. The Kier molecular flexibility index (Phi) is 7.54. The van der Waals surface area contributed by atoms with Crippen molar-refractivity contribution in [3.05, 3.63) is 40.9 Å². The number of fused-ring (bicyclic) bond motifs is 4. The van der Waals surface area contributed by atoms with Crippen molar-refractivity contribution in [2.75, 3.05) is 23.3 Å². The second-order valence-electron chi connectivity index (χ2n) is 13.7. The quantitative estimate of drug-likeness (QED) is 0.209. The summed E-state index contributed by atoms with van der Waals surface area (Å²) in [7, 11) is 0. The number of halogens is 4. The molecule has 2 aliphatic heterocycles. The standard InChI is InChI=1S/C31H32ClF3N6O4S/c1-29(2,3)31-10-9-14(41(31)28(43)44)12-40(13-31)24-16-11-17(32)19(20(34)21(16)36-25(35)38-24)15-7-8-18(33)23-22(15)37-26(46-23)39-27(42)45-30(4,5)6/h7-8,11,14H,9-10,12-13H2,1-6H3,(H,43,44)(H,37,39,42). The van der Waals surface area contributed by atoms with Gasteiger partial charge in [-0.05, 0) is 57.2 Å². The minimum Gasteiger partial charge on any atom is -0.465 e. The van der Waals surface area contributed by atoms with Crippen molar-refractivity contribution in [3.8, 4) is 11.1 Å². The number of nitrogens with one attached hydrogen (secondary N) is 1. The lowest BCUT2D eigenvalue weighted by molar-refractivity contribution is 0.00527. The molecule has 2 N–H and O–H groups in total. The van der Waals surface area contributed by atoms with Crippen molar-refractivity contribution in [1.82, 2.24) is 19.9 Å². The number of hydrogen-bond donors (Lipinski definition) is 2. The number of benzene rings is 2. The number of nitrogens with zero attached hydrogens (tertiary/aromatic N) is 5. The molecule has 0 saturated carbocycles. The summed E-state index contributed by atoms with van der Waals surface area (Å²) in [5.41, 5.74) is -2.46. The third kappa shape index (κ3) is 5.24. The van der Waals surface area contributed by atoms with Crippen LogP contribution in [-0.4, -0.2) is 67.4 Å². The van der Waals surface area contributed by atoms with E-state index in [0.29, 0.717) is 12.8 Å². The number of aromatic nitrogens is 3. The maximum absolute atomic E-state index is 16.5. The van der Waals surface area contributed by atoms with Gasteiger partial charge >= 0.3 is 18.3 Å². The summed E-state index contributed by atoms with van der Waals surface area (Å²) in [5.74, 6) is -1.52. The van der Waals surface area contributed by atoms with E-state index < -0.39 is 46.5 Å². The molecular formula is C31H32ClF3N6O4S. The van der Waals surface area contributed by atoms with Crippen LogP contribution in [0, 0.1) is 23.1 Å². The predicted molar refractivity (Wildman–Crippen MR) is 170 cm³/mol. The zero-order valence-corrected chi connectivity index (χ0v) is 27.5. The van der Waals surface area contributed by atoms with Crippen LogP contribution in [0.25, 0.3) is 32.2 Å². The summed E-state index contributed by atoms with van der Waals surface area (Å²) in [5, 5.41) is 12.7. The number of carboxylic acid groups (broad SMARTS) is 1. The molecule has 2 fully saturated rings. The maximum Gasteiger partial charge on any atom is 0.413 e. The highest BCUT2D eigenvalue weighted by Crippen LogP contribution is 2.51. The minimum absolute atomic E-state index is 0.0199. The normalized spacial score (nSPS) is 20.1. The Morgan fingerprint density at radius 3 is 2.48 bits per heavy atom. The number of rotatable bonds is 3. The SMILES string of the molecule is CC(C)(C)OC(=O)Nc1nc2c(-c3c(Cl)cc4c(N5CC6CCC(C(C)(C)C)(C5)N6C(=O)O)nc(F)nc4c3F)ccc(F)c2s1. The van der Waals surface area contributed by atoms with E-state index in [2.05, 4.69) is 20.3 Å². The minimum atomic E-state index is -1.17. The Hall–Kier alpha value is -3.91. The summed E-state index contributed by atoms with van der Waals surface area (Å²) in [6.45, 7) is 11.4. The molecule has 15 heteroatoms. The Labute approximate surface area is 271 Å². The number of carbonyl (C=O) groups is 2. The molecule has 0 aliphatic carbocycles. The second kappa shape index (κ2) is 10.8. The Balaban J connectivity index is 1.46. The topological polar surface area (TPSA) is 121 Å². The summed E-state index contributed by atoms with van der Waals surface area (Å²) in [4.78, 5) is 40.2. The van der Waals surface area contributed by atoms with Crippen molar-refractivity contribution in [2.24, 2.45) is 5.41 Å². The highest BCUT2D eigenvalue weighted by Gasteiger charge is 2.59. The molecule has 2 aromatic heterocycles. The molecule has 6 rings (SSSR count). The summed E-state index contributed by atoms with van der Waals surface area (Å²) in [6, 6.07) is 3.49. The van der Waals surface area contributed by atoms with Gasteiger partial charge < -0.3 is 14.7 Å². The zero-order chi connectivity index (χ0) is 33.5. The van der Waals surface area contributed by atoms with Crippen LogP contribution in [0.2, 0.25) is 5.02 Å². The zero-order valence-electron chi connectivity index (χ0n) is 26.0. The van der Waals surface area contributed by atoms with E-state index in [9.17, 15) is 19.1 Å².